The smallest absolute Gasteiger partial charge is 0.244 e. The van der Waals surface area contributed by atoms with Crippen molar-refractivity contribution in [1.29, 1.82) is 0 Å². The minimum absolute atomic E-state index is 0.0605. The van der Waals surface area contributed by atoms with E-state index < -0.39 is 28.5 Å². The van der Waals surface area contributed by atoms with Crippen LogP contribution in [0.25, 0.3) is 0 Å². The lowest BCUT2D eigenvalue weighted by Crippen LogP contribution is -2.54. The van der Waals surface area contributed by atoms with Crippen molar-refractivity contribution in [2.24, 2.45) is 0 Å². The lowest BCUT2D eigenvalue weighted by Gasteiger charge is -2.34. The Balaban J connectivity index is 1.46. The molecule has 2 amide bonds. The van der Waals surface area contributed by atoms with Gasteiger partial charge in [-0.15, -0.1) is 0 Å². The molecule has 1 fully saturated rings. The van der Waals surface area contributed by atoms with E-state index in [0.29, 0.717) is 23.6 Å². The van der Waals surface area contributed by atoms with Gasteiger partial charge in [-0.25, -0.2) is 8.42 Å². The molecule has 1 saturated carbocycles. The monoisotopic (exact) mass is 639 g/mol. The number of carbonyl (C=O) groups is 2. The highest BCUT2D eigenvalue weighted by Gasteiger charge is 2.34. The number of amides is 2. The average molecular weight is 640 g/mol. The maximum atomic E-state index is 14.4. The SMILES string of the molecule is Cc1ccccc1CN(C(=O)CN(c1ccc(Oc2ccccc2)cc1)S(C)(=O)=O)C(Cc1ccccc1)C(=O)NC1CCCC1. The first-order valence-electron chi connectivity index (χ1n) is 15.7. The highest BCUT2D eigenvalue weighted by molar-refractivity contribution is 7.92. The maximum absolute atomic E-state index is 14.4. The van der Waals surface area contributed by atoms with Crippen LogP contribution in [0.4, 0.5) is 5.69 Å². The second-order valence-corrected chi connectivity index (χ2v) is 13.7. The minimum atomic E-state index is -3.88. The van der Waals surface area contributed by atoms with Crippen LogP contribution in [0.2, 0.25) is 0 Å². The number of benzene rings is 4. The normalized spacial score (nSPS) is 14.0. The Hall–Kier alpha value is -4.63. The quantitative estimate of drug-likeness (QED) is 0.187. The van der Waals surface area contributed by atoms with Gasteiger partial charge in [0.15, 0.2) is 0 Å². The fraction of sp³-hybridized carbons (Fsp3) is 0.297. The largest absolute Gasteiger partial charge is 0.457 e. The molecular weight excluding hydrogens is 598 g/mol. The number of nitrogens with one attached hydrogen (secondary N) is 1. The van der Waals surface area contributed by atoms with Gasteiger partial charge in [-0.05, 0) is 72.9 Å². The van der Waals surface area contributed by atoms with Gasteiger partial charge in [-0.2, -0.15) is 0 Å². The summed E-state index contributed by atoms with van der Waals surface area (Å²) in [6.07, 6.45) is 5.29. The van der Waals surface area contributed by atoms with E-state index in [2.05, 4.69) is 5.32 Å². The summed E-state index contributed by atoms with van der Waals surface area (Å²) in [5.41, 5.74) is 3.09. The number of ether oxygens (including phenoxy) is 1. The van der Waals surface area contributed by atoms with Crippen molar-refractivity contribution in [3.63, 3.8) is 0 Å². The number of aryl methyl sites for hydroxylation is 1. The average Bonchev–Trinajstić information content (AvgIpc) is 3.56. The standard InChI is InChI=1S/C37H41N3O5S/c1-28-13-9-10-16-30(28)26-39(35(25-29-14-5-3-6-15-29)37(42)38-31-17-11-12-18-31)36(41)27-40(46(2,43)44)32-21-23-34(24-22-32)45-33-19-7-4-8-20-33/h3-10,13-16,19-24,31,35H,11-12,17-18,25-27H2,1-2H3,(H,38,42). The Morgan fingerprint density at radius 1 is 0.826 bits per heavy atom. The first-order chi connectivity index (χ1) is 22.2. The Labute approximate surface area is 272 Å². The van der Waals surface area contributed by atoms with Gasteiger partial charge in [0.05, 0.1) is 11.9 Å². The van der Waals surface area contributed by atoms with Crippen LogP contribution in [0, 0.1) is 6.92 Å². The molecule has 0 bridgehead atoms. The summed E-state index contributed by atoms with van der Waals surface area (Å²) in [5, 5.41) is 3.20. The minimum Gasteiger partial charge on any atom is -0.457 e. The van der Waals surface area contributed by atoms with E-state index in [1.54, 1.807) is 29.2 Å². The van der Waals surface area contributed by atoms with Crippen molar-refractivity contribution in [1.82, 2.24) is 10.2 Å². The van der Waals surface area contributed by atoms with Crippen LogP contribution in [-0.2, 0) is 32.6 Å². The summed E-state index contributed by atoms with van der Waals surface area (Å²) in [5.74, 6) is 0.479. The molecule has 0 aliphatic heterocycles. The molecule has 9 heteroatoms. The number of para-hydroxylation sites is 1. The van der Waals surface area contributed by atoms with Gasteiger partial charge in [-0.3, -0.25) is 13.9 Å². The second kappa shape index (κ2) is 15.1. The van der Waals surface area contributed by atoms with Crippen molar-refractivity contribution in [3.8, 4) is 11.5 Å². The number of nitrogens with zero attached hydrogens (tertiary/aromatic N) is 2. The molecule has 0 saturated heterocycles. The van der Waals surface area contributed by atoms with E-state index in [4.69, 9.17) is 4.74 Å². The number of hydrogen-bond donors (Lipinski definition) is 1. The third kappa shape index (κ3) is 8.75. The zero-order valence-electron chi connectivity index (χ0n) is 26.3. The van der Waals surface area contributed by atoms with Crippen molar-refractivity contribution in [3.05, 3.63) is 126 Å². The van der Waals surface area contributed by atoms with E-state index in [1.807, 2.05) is 91.9 Å². The van der Waals surface area contributed by atoms with E-state index >= 15 is 0 Å². The first-order valence-corrected chi connectivity index (χ1v) is 17.5. The first kappa shape index (κ1) is 32.8. The number of sulfonamides is 1. The van der Waals surface area contributed by atoms with E-state index in [9.17, 15) is 18.0 Å². The molecular formula is C37H41N3O5S. The van der Waals surface area contributed by atoms with Gasteiger partial charge in [0, 0.05) is 19.0 Å². The van der Waals surface area contributed by atoms with Crippen LogP contribution >= 0.6 is 0 Å². The Kier molecular flexibility index (Phi) is 10.8. The van der Waals surface area contributed by atoms with Crippen molar-refractivity contribution in [2.75, 3.05) is 17.1 Å². The number of carbonyl (C=O) groups excluding carboxylic acids is 2. The number of anilines is 1. The molecule has 46 heavy (non-hydrogen) atoms. The van der Waals surface area contributed by atoms with Gasteiger partial charge in [0.2, 0.25) is 21.8 Å². The van der Waals surface area contributed by atoms with Crippen LogP contribution in [-0.4, -0.2) is 50.0 Å². The summed E-state index contributed by atoms with van der Waals surface area (Å²) in [6, 6.07) is 32.4. The van der Waals surface area contributed by atoms with Gasteiger partial charge in [0.25, 0.3) is 0 Å². The Morgan fingerprint density at radius 3 is 2.04 bits per heavy atom. The van der Waals surface area contributed by atoms with Gasteiger partial charge < -0.3 is 15.0 Å². The molecule has 1 N–H and O–H groups in total. The predicted molar refractivity (Wildman–Crippen MR) is 181 cm³/mol. The van der Waals surface area contributed by atoms with Crippen LogP contribution in [0.3, 0.4) is 0 Å². The maximum Gasteiger partial charge on any atom is 0.244 e. The highest BCUT2D eigenvalue weighted by Crippen LogP contribution is 2.27. The fourth-order valence-electron chi connectivity index (χ4n) is 5.81. The predicted octanol–water partition coefficient (Wildman–Crippen LogP) is 6.25. The number of rotatable bonds is 13. The number of hydrogen-bond acceptors (Lipinski definition) is 5. The molecule has 8 nitrogen and oxygen atoms in total. The fourth-order valence-corrected chi connectivity index (χ4v) is 6.66. The summed E-state index contributed by atoms with van der Waals surface area (Å²) in [7, 11) is -3.88. The molecule has 4 aromatic carbocycles. The molecule has 1 unspecified atom stereocenters. The third-order valence-corrected chi connectivity index (χ3v) is 9.50. The topological polar surface area (TPSA) is 96.0 Å². The van der Waals surface area contributed by atoms with E-state index in [0.717, 1.165) is 52.9 Å². The van der Waals surface area contributed by atoms with Crippen molar-refractivity contribution >= 4 is 27.5 Å². The lowest BCUT2D eigenvalue weighted by molar-refractivity contribution is -0.140. The molecule has 5 rings (SSSR count). The lowest BCUT2D eigenvalue weighted by atomic mass is 10.0. The second-order valence-electron chi connectivity index (χ2n) is 11.8. The summed E-state index contributed by atoms with van der Waals surface area (Å²) >= 11 is 0. The van der Waals surface area contributed by atoms with E-state index in [1.165, 1.54) is 0 Å². The van der Waals surface area contributed by atoms with Crippen molar-refractivity contribution in [2.45, 2.75) is 57.7 Å². The molecule has 1 atom stereocenters. The van der Waals surface area contributed by atoms with Crippen molar-refractivity contribution < 1.29 is 22.7 Å². The molecule has 0 radical (unpaired) electrons. The van der Waals surface area contributed by atoms with Gasteiger partial charge in [-0.1, -0.05) is 85.6 Å². The Morgan fingerprint density at radius 2 is 1.41 bits per heavy atom. The Bertz CT molecular complexity index is 1710. The van der Waals surface area contributed by atoms with Gasteiger partial charge in [0.1, 0.15) is 24.1 Å². The van der Waals surface area contributed by atoms with Crippen LogP contribution in [0.15, 0.2) is 109 Å². The summed E-state index contributed by atoms with van der Waals surface area (Å²) < 4.78 is 33.3. The molecule has 0 spiro atoms. The van der Waals surface area contributed by atoms with E-state index in [-0.39, 0.29) is 18.5 Å². The molecule has 240 valence electrons. The highest BCUT2D eigenvalue weighted by atomic mass is 32.2. The summed E-state index contributed by atoms with van der Waals surface area (Å²) in [6.45, 7) is 1.65. The van der Waals surface area contributed by atoms with Gasteiger partial charge >= 0.3 is 0 Å². The van der Waals surface area contributed by atoms with Crippen LogP contribution < -0.4 is 14.4 Å². The molecule has 1 aliphatic rings. The molecule has 0 aromatic heterocycles. The van der Waals surface area contributed by atoms with Crippen LogP contribution in [0.1, 0.15) is 42.4 Å². The molecule has 4 aromatic rings. The molecule has 0 heterocycles. The van der Waals surface area contributed by atoms with Crippen LogP contribution in [0.5, 0.6) is 11.5 Å². The molecule has 1 aliphatic carbocycles. The zero-order valence-corrected chi connectivity index (χ0v) is 27.2. The third-order valence-electron chi connectivity index (χ3n) is 8.36. The summed E-state index contributed by atoms with van der Waals surface area (Å²) in [4.78, 5) is 29.9. The zero-order chi connectivity index (χ0) is 32.5.